The molecule has 128 valence electrons. The van der Waals surface area contributed by atoms with E-state index >= 15 is 0 Å². The molecule has 1 aliphatic rings. The van der Waals surface area contributed by atoms with Crippen LogP contribution in [-0.2, 0) is 10.9 Å². The van der Waals surface area contributed by atoms with Crippen LogP contribution in [0, 0.1) is 0 Å². The molecule has 0 aliphatic carbocycles. The second-order valence-electron chi connectivity index (χ2n) is 5.63. The Bertz CT molecular complexity index is 543. The molecule has 1 heterocycles. The minimum absolute atomic E-state index is 0.0949. The van der Waals surface area contributed by atoms with Crippen LogP contribution >= 0.6 is 0 Å². The highest BCUT2D eigenvalue weighted by molar-refractivity contribution is 5.89. The van der Waals surface area contributed by atoms with Crippen LogP contribution in [0.1, 0.15) is 18.4 Å². The van der Waals surface area contributed by atoms with E-state index in [1.807, 2.05) is 0 Å². The predicted octanol–water partition coefficient (Wildman–Crippen LogP) is 2.60. The standard InChI is InChI=1S/C15H20F3N3O2/c1-23-10-14(6-3-7-20-14)9-19-13(22)21-12-5-2-4-11(8-12)15(16,17)18/h2,4-5,8,20H,3,6-7,9-10H2,1H3,(H2,19,21,22). The van der Waals surface area contributed by atoms with Crippen molar-refractivity contribution in [1.82, 2.24) is 10.6 Å². The van der Waals surface area contributed by atoms with Crippen molar-refractivity contribution in [2.24, 2.45) is 0 Å². The summed E-state index contributed by atoms with van der Waals surface area (Å²) >= 11 is 0. The first-order valence-corrected chi connectivity index (χ1v) is 7.31. The van der Waals surface area contributed by atoms with Crippen LogP contribution < -0.4 is 16.0 Å². The van der Waals surface area contributed by atoms with E-state index in [1.165, 1.54) is 12.1 Å². The minimum Gasteiger partial charge on any atom is -0.383 e. The van der Waals surface area contributed by atoms with Gasteiger partial charge in [0.25, 0.3) is 0 Å². The fourth-order valence-electron chi connectivity index (χ4n) is 2.67. The number of anilines is 1. The fraction of sp³-hybridized carbons (Fsp3) is 0.533. The lowest BCUT2D eigenvalue weighted by molar-refractivity contribution is -0.137. The quantitative estimate of drug-likeness (QED) is 0.777. The molecule has 1 fully saturated rings. The van der Waals surface area contributed by atoms with Gasteiger partial charge in [0.15, 0.2) is 0 Å². The number of rotatable bonds is 5. The molecule has 3 N–H and O–H groups in total. The van der Waals surface area contributed by atoms with Crippen molar-refractivity contribution in [1.29, 1.82) is 0 Å². The van der Waals surface area contributed by atoms with Gasteiger partial charge >= 0.3 is 12.2 Å². The van der Waals surface area contributed by atoms with E-state index in [9.17, 15) is 18.0 Å². The van der Waals surface area contributed by atoms with E-state index in [1.54, 1.807) is 7.11 Å². The SMILES string of the molecule is COCC1(CNC(=O)Nc2cccc(C(F)(F)F)c2)CCCN1. The Morgan fingerprint density at radius 2 is 2.22 bits per heavy atom. The van der Waals surface area contributed by atoms with Gasteiger partial charge in [-0.3, -0.25) is 0 Å². The van der Waals surface area contributed by atoms with Crippen molar-refractivity contribution in [3.63, 3.8) is 0 Å². The van der Waals surface area contributed by atoms with Crippen LogP contribution in [0.4, 0.5) is 23.7 Å². The van der Waals surface area contributed by atoms with E-state index in [0.29, 0.717) is 13.2 Å². The lowest BCUT2D eigenvalue weighted by atomic mass is 9.99. The number of carbonyl (C=O) groups excluding carboxylic acids is 1. The van der Waals surface area contributed by atoms with Gasteiger partial charge in [-0.2, -0.15) is 13.2 Å². The van der Waals surface area contributed by atoms with Crippen molar-refractivity contribution < 1.29 is 22.7 Å². The lowest BCUT2D eigenvalue weighted by Crippen LogP contribution is -2.53. The number of hydrogen-bond donors (Lipinski definition) is 3. The first kappa shape index (κ1) is 17.6. The molecule has 8 heteroatoms. The van der Waals surface area contributed by atoms with Crippen LogP contribution in [0.25, 0.3) is 0 Å². The third-order valence-corrected chi connectivity index (χ3v) is 3.79. The van der Waals surface area contributed by atoms with E-state index < -0.39 is 17.8 Å². The molecule has 1 aliphatic heterocycles. The molecule has 0 spiro atoms. The van der Waals surface area contributed by atoms with Gasteiger partial charge in [-0.25, -0.2) is 4.79 Å². The molecular formula is C15H20F3N3O2. The summed E-state index contributed by atoms with van der Waals surface area (Å²) in [6, 6.07) is 3.97. The Morgan fingerprint density at radius 1 is 1.43 bits per heavy atom. The number of alkyl halides is 3. The third kappa shape index (κ3) is 4.84. The summed E-state index contributed by atoms with van der Waals surface area (Å²) in [6.45, 7) is 1.64. The second-order valence-corrected chi connectivity index (χ2v) is 5.63. The Kier molecular flexibility index (Phi) is 5.48. The van der Waals surface area contributed by atoms with E-state index in [0.717, 1.165) is 31.5 Å². The summed E-state index contributed by atoms with van der Waals surface area (Å²) in [5.74, 6) is 0. The average Bonchev–Trinajstić information content (AvgIpc) is 2.94. The number of methoxy groups -OCH3 is 1. The second kappa shape index (κ2) is 7.18. The number of nitrogens with one attached hydrogen (secondary N) is 3. The maximum Gasteiger partial charge on any atom is 0.416 e. The Labute approximate surface area is 132 Å². The Morgan fingerprint density at radius 3 is 2.83 bits per heavy atom. The van der Waals surface area contributed by atoms with Crippen molar-refractivity contribution in [2.75, 3.05) is 32.1 Å². The molecular weight excluding hydrogens is 311 g/mol. The molecule has 5 nitrogen and oxygen atoms in total. The number of hydrogen-bond acceptors (Lipinski definition) is 3. The summed E-state index contributed by atoms with van der Waals surface area (Å²) in [5.41, 5.74) is -1.03. The van der Waals surface area contributed by atoms with Gasteiger partial charge in [0.1, 0.15) is 0 Å². The lowest BCUT2D eigenvalue weighted by Gasteiger charge is -2.29. The number of halogens is 3. The maximum absolute atomic E-state index is 12.6. The predicted molar refractivity (Wildman–Crippen MR) is 80.3 cm³/mol. The van der Waals surface area contributed by atoms with Gasteiger partial charge in [-0.05, 0) is 37.6 Å². The summed E-state index contributed by atoms with van der Waals surface area (Å²) < 4.78 is 43.1. The molecule has 0 aromatic heterocycles. The van der Waals surface area contributed by atoms with Gasteiger partial charge in [0.2, 0.25) is 0 Å². The molecule has 1 unspecified atom stereocenters. The zero-order chi connectivity index (χ0) is 16.9. The first-order chi connectivity index (χ1) is 10.8. The zero-order valence-corrected chi connectivity index (χ0v) is 12.8. The summed E-state index contributed by atoms with van der Waals surface area (Å²) in [7, 11) is 1.59. The molecule has 1 aromatic carbocycles. The highest BCUT2D eigenvalue weighted by Crippen LogP contribution is 2.30. The van der Waals surface area contributed by atoms with Gasteiger partial charge in [-0.15, -0.1) is 0 Å². The number of carbonyl (C=O) groups is 1. The van der Waals surface area contributed by atoms with E-state index in [4.69, 9.17) is 4.74 Å². The van der Waals surface area contributed by atoms with Crippen LogP contribution in [0.15, 0.2) is 24.3 Å². The summed E-state index contributed by atoms with van der Waals surface area (Å²) in [5, 5.41) is 8.41. The smallest absolute Gasteiger partial charge is 0.383 e. The van der Waals surface area contributed by atoms with Crippen molar-refractivity contribution in [2.45, 2.75) is 24.6 Å². The topological polar surface area (TPSA) is 62.4 Å². The highest BCUT2D eigenvalue weighted by atomic mass is 19.4. The largest absolute Gasteiger partial charge is 0.416 e. The molecule has 0 radical (unpaired) electrons. The maximum atomic E-state index is 12.6. The molecule has 2 amide bonds. The van der Waals surface area contributed by atoms with Crippen molar-refractivity contribution in [3.8, 4) is 0 Å². The van der Waals surface area contributed by atoms with E-state index in [-0.39, 0.29) is 11.2 Å². The molecule has 23 heavy (non-hydrogen) atoms. The number of ether oxygens (including phenoxy) is 1. The molecule has 2 rings (SSSR count). The van der Waals surface area contributed by atoms with Crippen LogP contribution in [0.2, 0.25) is 0 Å². The van der Waals surface area contributed by atoms with Gasteiger partial charge in [0.05, 0.1) is 17.7 Å². The number of urea groups is 1. The van der Waals surface area contributed by atoms with Crippen molar-refractivity contribution in [3.05, 3.63) is 29.8 Å². The van der Waals surface area contributed by atoms with Crippen LogP contribution in [0.5, 0.6) is 0 Å². The number of amides is 2. The Balaban J connectivity index is 1.92. The Hall–Kier alpha value is -1.80. The van der Waals surface area contributed by atoms with Gasteiger partial charge < -0.3 is 20.7 Å². The third-order valence-electron chi connectivity index (χ3n) is 3.79. The fourth-order valence-corrected chi connectivity index (χ4v) is 2.67. The van der Waals surface area contributed by atoms with Gasteiger partial charge in [-0.1, -0.05) is 6.07 Å². The van der Waals surface area contributed by atoms with Crippen molar-refractivity contribution >= 4 is 11.7 Å². The highest BCUT2D eigenvalue weighted by Gasteiger charge is 2.34. The molecule has 0 saturated carbocycles. The average molecular weight is 331 g/mol. The minimum atomic E-state index is -4.44. The van der Waals surface area contributed by atoms with Crippen LogP contribution in [-0.4, -0.2) is 38.4 Å². The molecule has 1 saturated heterocycles. The normalized spacial score (nSPS) is 21.2. The van der Waals surface area contributed by atoms with Gasteiger partial charge in [0, 0.05) is 19.3 Å². The zero-order valence-electron chi connectivity index (χ0n) is 12.8. The first-order valence-electron chi connectivity index (χ1n) is 7.31. The monoisotopic (exact) mass is 331 g/mol. The summed E-state index contributed by atoms with van der Waals surface area (Å²) in [6.07, 6.45) is -2.59. The molecule has 1 atom stereocenters. The van der Waals surface area contributed by atoms with E-state index in [2.05, 4.69) is 16.0 Å². The molecule has 0 bridgehead atoms. The van der Waals surface area contributed by atoms with Crippen LogP contribution in [0.3, 0.4) is 0 Å². The summed E-state index contributed by atoms with van der Waals surface area (Å²) in [4.78, 5) is 11.9. The number of benzene rings is 1. The molecule has 1 aromatic rings.